The fraction of sp³-hybridized carbons (Fsp3) is 0.458. The number of piperidine rings is 1. The van der Waals surface area contributed by atoms with Crippen molar-refractivity contribution in [2.45, 2.75) is 32.0 Å². The van der Waals surface area contributed by atoms with Gasteiger partial charge in [0.15, 0.2) is 6.61 Å². The van der Waals surface area contributed by atoms with Crippen molar-refractivity contribution in [3.05, 3.63) is 52.0 Å². The highest BCUT2D eigenvalue weighted by Gasteiger charge is 2.31. The third-order valence-corrected chi connectivity index (χ3v) is 6.29. The molecular formula is C24H28Cl2F3N3O3. The fourth-order valence-corrected chi connectivity index (χ4v) is 4.34. The molecule has 35 heavy (non-hydrogen) atoms. The van der Waals surface area contributed by atoms with Crippen LogP contribution in [0.5, 0.6) is 11.5 Å². The minimum Gasteiger partial charge on any atom is -0.491 e. The van der Waals surface area contributed by atoms with Gasteiger partial charge in [-0.05, 0) is 68.9 Å². The number of carbonyl (C=O) groups is 1. The lowest BCUT2D eigenvalue weighted by atomic mass is 10.1. The first-order valence-corrected chi connectivity index (χ1v) is 12.1. The van der Waals surface area contributed by atoms with Crippen molar-refractivity contribution in [1.82, 2.24) is 10.2 Å². The van der Waals surface area contributed by atoms with Gasteiger partial charge in [-0.25, -0.2) is 0 Å². The molecule has 1 aliphatic rings. The maximum atomic E-state index is 12.7. The van der Waals surface area contributed by atoms with E-state index in [1.54, 1.807) is 18.2 Å². The van der Waals surface area contributed by atoms with Crippen LogP contribution >= 0.6 is 23.2 Å². The van der Waals surface area contributed by atoms with Gasteiger partial charge in [0, 0.05) is 18.3 Å². The monoisotopic (exact) mass is 533 g/mol. The molecule has 0 aliphatic carbocycles. The first kappa shape index (κ1) is 27.4. The molecule has 2 aromatic rings. The minimum absolute atomic E-state index is 0.0257. The van der Waals surface area contributed by atoms with Gasteiger partial charge in [-0.2, -0.15) is 13.2 Å². The standard InChI is InChI=1S/C24H28Cl2F3N3O3/c1-2-32(18-7-9-30-10-8-18)11-12-34-21-6-4-17(14-20(21)26)31-23(33)15-35-22-5-3-16(13-19(22)25)24(27,28)29/h3-6,13-14,18,30H,2,7-12,15H2,1H3,(H,31,33). The van der Waals surface area contributed by atoms with E-state index in [4.69, 9.17) is 32.7 Å². The zero-order valence-corrected chi connectivity index (χ0v) is 20.8. The summed E-state index contributed by atoms with van der Waals surface area (Å²) < 4.78 is 49.3. The number of rotatable bonds is 10. The van der Waals surface area contributed by atoms with Crippen molar-refractivity contribution in [2.24, 2.45) is 0 Å². The Balaban J connectivity index is 1.47. The summed E-state index contributed by atoms with van der Waals surface area (Å²) in [7, 11) is 0. The zero-order chi connectivity index (χ0) is 25.4. The molecule has 3 rings (SSSR count). The Morgan fingerprint density at radius 2 is 1.74 bits per heavy atom. The van der Waals surface area contributed by atoms with Gasteiger partial charge in [0.2, 0.25) is 0 Å². The largest absolute Gasteiger partial charge is 0.491 e. The number of hydrogen-bond donors (Lipinski definition) is 2. The van der Waals surface area contributed by atoms with E-state index in [2.05, 4.69) is 22.5 Å². The van der Waals surface area contributed by atoms with Gasteiger partial charge in [-0.1, -0.05) is 30.1 Å². The molecule has 6 nitrogen and oxygen atoms in total. The first-order valence-electron chi connectivity index (χ1n) is 11.3. The van der Waals surface area contributed by atoms with Crippen molar-refractivity contribution in [1.29, 1.82) is 0 Å². The molecule has 0 radical (unpaired) electrons. The summed E-state index contributed by atoms with van der Waals surface area (Å²) in [4.78, 5) is 14.6. The summed E-state index contributed by atoms with van der Waals surface area (Å²) in [5.74, 6) is -0.0349. The predicted octanol–water partition coefficient (Wildman–Crippen LogP) is 5.48. The lowest BCUT2D eigenvalue weighted by Gasteiger charge is -2.33. The van der Waals surface area contributed by atoms with Gasteiger partial charge in [0.1, 0.15) is 18.1 Å². The van der Waals surface area contributed by atoms with Gasteiger partial charge in [-0.15, -0.1) is 0 Å². The highest BCUT2D eigenvalue weighted by molar-refractivity contribution is 6.32. The molecule has 0 bridgehead atoms. The Morgan fingerprint density at radius 1 is 1.09 bits per heavy atom. The number of ether oxygens (including phenoxy) is 2. The number of nitrogens with zero attached hydrogens (tertiary/aromatic N) is 1. The number of carbonyl (C=O) groups excluding carboxylic acids is 1. The number of likely N-dealkylation sites (N-methyl/N-ethyl adjacent to an activating group) is 1. The van der Waals surface area contributed by atoms with Crippen LogP contribution in [0.4, 0.5) is 18.9 Å². The number of alkyl halides is 3. The predicted molar refractivity (Wildman–Crippen MR) is 131 cm³/mol. The van der Waals surface area contributed by atoms with Crippen LogP contribution < -0.4 is 20.1 Å². The highest BCUT2D eigenvalue weighted by Crippen LogP contribution is 2.34. The number of benzene rings is 2. The summed E-state index contributed by atoms with van der Waals surface area (Å²) in [6, 6.07) is 8.10. The molecule has 1 fully saturated rings. The van der Waals surface area contributed by atoms with E-state index in [9.17, 15) is 18.0 Å². The van der Waals surface area contributed by atoms with E-state index in [0.29, 0.717) is 29.1 Å². The van der Waals surface area contributed by atoms with Gasteiger partial charge < -0.3 is 20.1 Å². The summed E-state index contributed by atoms with van der Waals surface area (Å²) in [5.41, 5.74) is -0.468. The molecule has 192 valence electrons. The maximum Gasteiger partial charge on any atom is 0.416 e. The molecule has 1 saturated heterocycles. The van der Waals surface area contributed by atoms with Crippen molar-refractivity contribution in [2.75, 3.05) is 44.7 Å². The molecule has 0 spiro atoms. The van der Waals surface area contributed by atoms with E-state index in [1.165, 1.54) is 0 Å². The van der Waals surface area contributed by atoms with Gasteiger partial charge in [0.25, 0.3) is 5.91 Å². The van der Waals surface area contributed by atoms with Crippen LogP contribution in [-0.4, -0.2) is 56.2 Å². The second-order valence-electron chi connectivity index (χ2n) is 8.08. The fourth-order valence-electron chi connectivity index (χ4n) is 3.87. The number of anilines is 1. The van der Waals surface area contributed by atoms with Crippen LogP contribution in [0.2, 0.25) is 10.0 Å². The molecule has 0 atom stereocenters. The second-order valence-corrected chi connectivity index (χ2v) is 8.90. The van der Waals surface area contributed by atoms with E-state index in [1.807, 2.05) is 0 Å². The molecular weight excluding hydrogens is 506 g/mol. The average molecular weight is 534 g/mol. The molecule has 11 heteroatoms. The van der Waals surface area contributed by atoms with E-state index >= 15 is 0 Å². The SMILES string of the molecule is CCN(CCOc1ccc(NC(=O)COc2ccc(C(F)(F)F)cc2Cl)cc1Cl)C1CCNCC1. The van der Waals surface area contributed by atoms with E-state index in [0.717, 1.165) is 57.2 Å². The number of hydrogen-bond acceptors (Lipinski definition) is 5. The van der Waals surface area contributed by atoms with Crippen molar-refractivity contribution >= 4 is 34.8 Å². The lowest BCUT2D eigenvalue weighted by molar-refractivity contribution is -0.137. The van der Waals surface area contributed by atoms with Gasteiger partial charge in [0.05, 0.1) is 15.6 Å². The van der Waals surface area contributed by atoms with Crippen LogP contribution in [0.1, 0.15) is 25.3 Å². The van der Waals surface area contributed by atoms with Crippen molar-refractivity contribution < 1.29 is 27.4 Å². The summed E-state index contributed by atoms with van der Waals surface area (Å²) in [6.07, 6.45) is -2.27. The zero-order valence-electron chi connectivity index (χ0n) is 19.3. The lowest BCUT2D eigenvalue weighted by Crippen LogP contribution is -2.44. The van der Waals surface area contributed by atoms with Gasteiger partial charge >= 0.3 is 6.18 Å². The van der Waals surface area contributed by atoms with E-state index in [-0.39, 0.29) is 10.8 Å². The molecule has 1 amide bonds. The normalized spacial score (nSPS) is 14.7. The highest BCUT2D eigenvalue weighted by atomic mass is 35.5. The molecule has 1 aliphatic heterocycles. The Morgan fingerprint density at radius 3 is 2.37 bits per heavy atom. The molecule has 0 saturated carbocycles. The summed E-state index contributed by atoms with van der Waals surface area (Å²) in [6.45, 7) is 6.00. The first-order chi connectivity index (χ1) is 16.7. The van der Waals surface area contributed by atoms with E-state index < -0.39 is 24.3 Å². The van der Waals surface area contributed by atoms with Crippen LogP contribution in [0, 0.1) is 0 Å². The quantitative estimate of drug-likeness (QED) is 0.423. The topological polar surface area (TPSA) is 62.8 Å². The Kier molecular flexibility index (Phi) is 9.91. The van der Waals surface area contributed by atoms with Crippen LogP contribution in [0.25, 0.3) is 0 Å². The van der Waals surface area contributed by atoms with Crippen molar-refractivity contribution in [3.8, 4) is 11.5 Å². The molecule has 0 unspecified atom stereocenters. The third kappa shape index (κ3) is 8.17. The summed E-state index contributed by atoms with van der Waals surface area (Å²) >= 11 is 12.2. The number of nitrogens with one attached hydrogen (secondary N) is 2. The number of halogens is 5. The smallest absolute Gasteiger partial charge is 0.416 e. The third-order valence-electron chi connectivity index (χ3n) is 5.70. The molecule has 1 heterocycles. The average Bonchev–Trinajstić information content (AvgIpc) is 2.82. The van der Waals surface area contributed by atoms with Crippen LogP contribution in [0.3, 0.4) is 0 Å². The Hall–Kier alpha value is -2.20. The van der Waals surface area contributed by atoms with Crippen LogP contribution in [0.15, 0.2) is 36.4 Å². The Bertz CT molecular complexity index is 1000. The maximum absolute atomic E-state index is 12.7. The van der Waals surface area contributed by atoms with Crippen LogP contribution in [-0.2, 0) is 11.0 Å². The Labute approximate surface area is 212 Å². The molecule has 2 N–H and O–H groups in total. The number of amides is 1. The minimum atomic E-state index is -4.52. The molecule has 2 aromatic carbocycles. The van der Waals surface area contributed by atoms with Crippen molar-refractivity contribution in [3.63, 3.8) is 0 Å². The second kappa shape index (κ2) is 12.7. The molecule has 0 aromatic heterocycles. The summed E-state index contributed by atoms with van der Waals surface area (Å²) in [5, 5.41) is 6.10. The van der Waals surface area contributed by atoms with Gasteiger partial charge in [-0.3, -0.25) is 9.69 Å².